The van der Waals surface area contributed by atoms with E-state index < -0.39 is 0 Å². The standard InChI is InChI=1S/C25H28ClN5O2S/c26-20-10-8-19(9-11-20)24-27-28-25(31(24)17-22-7-4-16-33-22)34-18-23(32)30-14-12-29(13-15-30)21-5-2-1-3-6-21/h1-3,5-6,8-11,22H,4,7,12-18H2. The monoisotopic (exact) mass is 497 g/mol. The Morgan fingerprint density at radius 1 is 1.03 bits per heavy atom. The zero-order chi connectivity index (χ0) is 23.3. The summed E-state index contributed by atoms with van der Waals surface area (Å²) >= 11 is 7.52. The average Bonchev–Trinajstić information content (AvgIpc) is 3.54. The highest BCUT2D eigenvalue weighted by Gasteiger charge is 2.25. The molecule has 0 N–H and O–H groups in total. The first-order valence-electron chi connectivity index (χ1n) is 11.7. The Balaban J connectivity index is 1.24. The minimum absolute atomic E-state index is 0.137. The minimum atomic E-state index is 0.137. The quantitative estimate of drug-likeness (QED) is 0.455. The number of hydrogen-bond donors (Lipinski definition) is 0. The van der Waals surface area contributed by atoms with E-state index in [0.29, 0.717) is 17.3 Å². The third-order valence-electron chi connectivity index (χ3n) is 6.31. The highest BCUT2D eigenvalue weighted by Crippen LogP contribution is 2.28. The number of nitrogens with zero attached hydrogens (tertiary/aromatic N) is 5. The van der Waals surface area contributed by atoms with E-state index in [2.05, 4.69) is 43.9 Å². The van der Waals surface area contributed by atoms with Crippen molar-refractivity contribution in [3.8, 4) is 11.4 Å². The minimum Gasteiger partial charge on any atom is -0.376 e. The van der Waals surface area contributed by atoms with Crippen LogP contribution < -0.4 is 4.90 Å². The Labute approximate surface area is 209 Å². The van der Waals surface area contributed by atoms with Gasteiger partial charge in [0.25, 0.3) is 0 Å². The van der Waals surface area contributed by atoms with Gasteiger partial charge in [-0.25, -0.2) is 0 Å². The Kier molecular flexibility index (Phi) is 7.37. The van der Waals surface area contributed by atoms with Crippen LogP contribution in [0.2, 0.25) is 5.02 Å². The van der Waals surface area contributed by atoms with Crippen LogP contribution >= 0.6 is 23.4 Å². The van der Waals surface area contributed by atoms with Crippen LogP contribution in [0.4, 0.5) is 5.69 Å². The van der Waals surface area contributed by atoms with Crippen LogP contribution in [0.25, 0.3) is 11.4 Å². The average molecular weight is 498 g/mol. The highest BCUT2D eigenvalue weighted by atomic mass is 35.5. The number of benzene rings is 2. The van der Waals surface area contributed by atoms with E-state index in [1.807, 2.05) is 35.2 Å². The van der Waals surface area contributed by atoms with Gasteiger partial charge in [-0.3, -0.25) is 9.36 Å². The van der Waals surface area contributed by atoms with Gasteiger partial charge in [-0.05, 0) is 49.2 Å². The zero-order valence-electron chi connectivity index (χ0n) is 19.0. The van der Waals surface area contributed by atoms with Gasteiger partial charge < -0.3 is 14.5 Å². The molecule has 178 valence electrons. The number of anilines is 1. The second kappa shape index (κ2) is 10.8. The smallest absolute Gasteiger partial charge is 0.233 e. The maximum absolute atomic E-state index is 13.0. The van der Waals surface area contributed by atoms with Crippen molar-refractivity contribution in [2.75, 3.05) is 43.4 Å². The van der Waals surface area contributed by atoms with Crippen molar-refractivity contribution >= 4 is 35.0 Å². The number of amides is 1. The topological polar surface area (TPSA) is 63.5 Å². The molecule has 0 radical (unpaired) electrons. The summed E-state index contributed by atoms with van der Waals surface area (Å²) in [6.07, 6.45) is 2.23. The third-order valence-corrected chi connectivity index (χ3v) is 7.51. The molecule has 9 heteroatoms. The fourth-order valence-electron chi connectivity index (χ4n) is 4.43. The summed E-state index contributed by atoms with van der Waals surface area (Å²) in [6, 6.07) is 18.0. The zero-order valence-corrected chi connectivity index (χ0v) is 20.5. The van der Waals surface area contributed by atoms with E-state index in [-0.39, 0.29) is 12.0 Å². The molecule has 1 unspecified atom stereocenters. The number of thioether (sulfide) groups is 1. The first-order chi connectivity index (χ1) is 16.7. The largest absolute Gasteiger partial charge is 0.376 e. The predicted molar refractivity (Wildman–Crippen MR) is 135 cm³/mol. The van der Waals surface area contributed by atoms with Crippen molar-refractivity contribution in [1.82, 2.24) is 19.7 Å². The number of aromatic nitrogens is 3. The molecule has 0 saturated carbocycles. The van der Waals surface area contributed by atoms with Crippen LogP contribution in [0.3, 0.4) is 0 Å². The SMILES string of the molecule is O=C(CSc1nnc(-c2ccc(Cl)cc2)n1CC1CCCO1)N1CCN(c2ccccc2)CC1. The summed E-state index contributed by atoms with van der Waals surface area (Å²) in [4.78, 5) is 17.3. The normalized spacial score (nSPS) is 18.4. The number of piperazine rings is 1. The van der Waals surface area contributed by atoms with Crippen molar-refractivity contribution in [2.24, 2.45) is 0 Å². The van der Waals surface area contributed by atoms with Crippen LogP contribution in [0.15, 0.2) is 59.8 Å². The summed E-state index contributed by atoms with van der Waals surface area (Å²) in [5.74, 6) is 1.26. The van der Waals surface area contributed by atoms with Crippen molar-refractivity contribution in [3.63, 3.8) is 0 Å². The van der Waals surface area contributed by atoms with Crippen molar-refractivity contribution in [3.05, 3.63) is 59.6 Å². The lowest BCUT2D eigenvalue weighted by atomic mass is 10.2. The van der Waals surface area contributed by atoms with Gasteiger partial charge in [-0.15, -0.1) is 10.2 Å². The van der Waals surface area contributed by atoms with Crippen molar-refractivity contribution in [2.45, 2.75) is 30.6 Å². The molecule has 2 aliphatic rings. The Hall–Kier alpha value is -2.55. The van der Waals surface area contributed by atoms with Gasteiger partial charge in [0.05, 0.1) is 18.4 Å². The van der Waals surface area contributed by atoms with Gasteiger partial charge >= 0.3 is 0 Å². The highest BCUT2D eigenvalue weighted by molar-refractivity contribution is 7.99. The molecule has 2 aliphatic heterocycles. The molecule has 34 heavy (non-hydrogen) atoms. The predicted octanol–water partition coefficient (Wildman–Crippen LogP) is 4.22. The van der Waals surface area contributed by atoms with Gasteiger partial charge in [-0.1, -0.05) is 41.6 Å². The fourth-order valence-corrected chi connectivity index (χ4v) is 5.41. The molecular formula is C25H28ClN5O2S. The lowest BCUT2D eigenvalue weighted by Gasteiger charge is -2.36. The van der Waals surface area contributed by atoms with Gasteiger partial charge in [0.2, 0.25) is 5.91 Å². The third kappa shape index (κ3) is 5.40. The molecule has 2 fully saturated rings. The first-order valence-corrected chi connectivity index (χ1v) is 13.0. The molecule has 1 amide bonds. The van der Waals surface area contributed by atoms with Crippen molar-refractivity contribution < 1.29 is 9.53 Å². The van der Waals surface area contributed by atoms with E-state index in [0.717, 1.165) is 62.2 Å². The molecule has 3 heterocycles. The Morgan fingerprint density at radius 3 is 2.50 bits per heavy atom. The molecule has 1 aromatic heterocycles. The van der Waals surface area contributed by atoms with Gasteiger partial charge in [0.15, 0.2) is 11.0 Å². The molecule has 5 rings (SSSR count). The number of ether oxygens (including phenoxy) is 1. The molecule has 0 spiro atoms. The number of halogens is 1. The van der Waals surface area contributed by atoms with E-state index in [9.17, 15) is 4.79 Å². The first kappa shape index (κ1) is 23.2. The van der Waals surface area contributed by atoms with Gasteiger partial charge in [0.1, 0.15) is 0 Å². The molecule has 7 nitrogen and oxygen atoms in total. The van der Waals surface area contributed by atoms with E-state index >= 15 is 0 Å². The molecular weight excluding hydrogens is 470 g/mol. The van der Waals surface area contributed by atoms with E-state index in [1.54, 1.807) is 0 Å². The van der Waals surface area contributed by atoms with Crippen LogP contribution in [0.1, 0.15) is 12.8 Å². The lowest BCUT2D eigenvalue weighted by Crippen LogP contribution is -2.49. The maximum Gasteiger partial charge on any atom is 0.233 e. The van der Waals surface area contributed by atoms with E-state index in [1.165, 1.54) is 17.4 Å². The second-order valence-corrected chi connectivity index (χ2v) is 9.93. The van der Waals surface area contributed by atoms with Crippen LogP contribution in [0, 0.1) is 0 Å². The van der Waals surface area contributed by atoms with Crippen LogP contribution in [-0.2, 0) is 16.1 Å². The second-order valence-electron chi connectivity index (χ2n) is 8.55. The van der Waals surface area contributed by atoms with Gasteiger partial charge in [-0.2, -0.15) is 0 Å². The number of hydrogen-bond acceptors (Lipinski definition) is 6. The van der Waals surface area contributed by atoms with Crippen molar-refractivity contribution in [1.29, 1.82) is 0 Å². The summed E-state index contributed by atoms with van der Waals surface area (Å²) in [5, 5.41) is 10.3. The number of carbonyl (C=O) groups is 1. The van der Waals surface area contributed by atoms with Crippen LogP contribution in [0.5, 0.6) is 0 Å². The lowest BCUT2D eigenvalue weighted by molar-refractivity contribution is -0.128. The molecule has 2 aromatic carbocycles. The number of carbonyl (C=O) groups excluding carboxylic acids is 1. The summed E-state index contributed by atoms with van der Waals surface area (Å²) < 4.78 is 7.96. The van der Waals surface area contributed by atoms with E-state index in [4.69, 9.17) is 16.3 Å². The van der Waals surface area contributed by atoms with Gasteiger partial charge in [0, 0.05) is 49.1 Å². The summed E-state index contributed by atoms with van der Waals surface area (Å²) in [5.41, 5.74) is 2.16. The summed E-state index contributed by atoms with van der Waals surface area (Å²) in [6.45, 7) is 4.61. The molecule has 0 bridgehead atoms. The molecule has 1 atom stereocenters. The molecule has 3 aromatic rings. The molecule has 0 aliphatic carbocycles. The number of rotatable bonds is 7. The Bertz CT molecular complexity index is 1090. The summed E-state index contributed by atoms with van der Waals surface area (Å²) in [7, 11) is 0. The maximum atomic E-state index is 13.0. The van der Waals surface area contributed by atoms with Crippen LogP contribution in [-0.4, -0.2) is 70.2 Å². The fraction of sp³-hybridized carbons (Fsp3) is 0.400. The number of para-hydroxylation sites is 1. The molecule has 2 saturated heterocycles. The Morgan fingerprint density at radius 2 is 1.79 bits per heavy atom.